The van der Waals surface area contributed by atoms with Gasteiger partial charge in [0.2, 0.25) is 5.91 Å². The number of hydrogen-bond acceptors (Lipinski definition) is 6. The summed E-state index contributed by atoms with van der Waals surface area (Å²) in [4.78, 5) is 14.6. The average Bonchev–Trinajstić information content (AvgIpc) is 3.28. The number of carbonyl (C=O) groups is 1. The second-order valence-electron chi connectivity index (χ2n) is 7.02. The summed E-state index contributed by atoms with van der Waals surface area (Å²) >= 11 is 0. The first kappa shape index (κ1) is 14.3. The lowest BCUT2D eigenvalue weighted by molar-refractivity contribution is -0.125. The Bertz CT molecular complexity index is 516. The van der Waals surface area contributed by atoms with E-state index < -0.39 is 0 Å². The molecule has 4 unspecified atom stereocenters. The van der Waals surface area contributed by atoms with Gasteiger partial charge < -0.3 is 10.7 Å². The van der Waals surface area contributed by atoms with Gasteiger partial charge in [0, 0.05) is 11.6 Å². The maximum Gasteiger partial charge on any atom is 0.224 e. The number of piperazine rings is 1. The molecular weight excluding hydrogens is 280 g/mol. The van der Waals surface area contributed by atoms with Crippen molar-refractivity contribution in [2.75, 3.05) is 13.6 Å². The smallest absolute Gasteiger partial charge is 0.224 e. The SMILES string of the molecule is CC1=C2C(C)N(C)C3C(NC(=O)C4CC4)NCCC3N2NN1. The number of amides is 1. The number of hydrogen-bond donors (Lipinski definition) is 4. The number of allylic oxidation sites excluding steroid dienone is 1. The molecule has 2 saturated heterocycles. The highest BCUT2D eigenvalue weighted by Crippen LogP contribution is 2.35. The minimum absolute atomic E-state index is 0.0172. The van der Waals surface area contributed by atoms with Gasteiger partial charge in [0.25, 0.3) is 0 Å². The summed E-state index contributed by atoms with van der Waals surface area (Å²) in [6.45, 7) is 5.26. The third kappa shape index (κ3) is 2.11. The van der Waals surface area contributed by atoms with Crippen LogP contribution in [0.3, 0.4) is 0 Å². The van der Waals surface area contributed by atoms with Gasteiger partial charge >= 0.3 is 0 Å². The van der Waals surface area contributed by atoms with Crippen molar-refractivity contribution in [1.82, 2.24) is 31.5 Å². The minimum Gasteiger partial charge on any atom is -0.339 e. The summed E-state index contributed by atoms with van der Waals surface area (Å²) < 4.78 is 0. The Morgan fingerprint density at radius 1 is 1.32 bits per heavy atom. The van der Waals surface area contributed by atoms with E-state index in [1.54, 1.807) is 0 Å². The van der Waals surface area contributed by atoms with Crippen molar-refractivity contribution < 1.29 is 4.79 Å². The van der Waals surface area contributed by atoms with Crippen LogP contribution >= 0.6 is 0 Å². The molecule has 7 nitrogen and oxygen atoms in total. The van der Waals surface area contributed by atoms with Gasteiger partial charge in [-0.1, -0.05) is 0 Å². The molecule has 0 bridgehead atoms. The van der Waals surface area contributed by atoms with E-state index in [0.717, 1.165) is 25.8 Å². The van der Waals surface area contributed by atoms with Crippen molar-refractivity contribution in [3.63, 3.8) is 0 Å². The molecule has 0 spiro atoms. The van der Waals surface area contributed by atoms with Crippen LogP contribution in [0.25, 0.3) is 0 Å². The van der Waals surface area contributed by atoms with E-state index in [1.165, 1.54) is 11.4 Å². The second kappa shape index (κ2) is 5.11. The standard InChI is InChI=1S/C15H26N6O/c1-8-12-9(2)20(3)13-11(21(12)19-18-8)6-7-16-14(13)17-15(22)10-4-5-10/h9-11,13-14,16,18-19H,4-7H2,1-3H3,(H,17,22). The Morgan fingerprint density at radius 3 is 2.82 bits per heavy atom. The lowest BCUT2D eigenvalue weighted by atomic mass is 9.89. The lowest BCUT2D eigenvalue weighted by Crippen LogP contribution is -2.74. The Labute approximate surface area is 131 Å². The van der Waals surface area contributed by atoms with Crippen molar-refractivity contribution in [1.29, 1.82) is 0 Å². The van der Waals surface area contributed by atoms with Crippen LogP contribution in [0.4, 0.5) is 0 Å². The molecule has 4 atom stereocenters. The summed E-state index contributed by atoms with van der Waals surface area (Å²) in [6.07, 6.45) is 3.16. The number of likely N-dealkylation sites (N-methyl/N-ethyl adjacent to an activating group) is 1. The van der Waals surface area contributed by atoms with Gasteiger partial charge in [-0.3, -0.25) is 20.0 Å². The molecule has 1 saturated carbocycles. The second-order valence-corrected chi connectivity index (χ2v) is 7.02. The maximum absolute atomic E-state index is 12.2. The van der Waals surface area contributed by atoms with Gasteiger partial charge in [-0.2, -0.15) is 0 Å². The van der Waals surface area contributed by atoms with E-state index in [-0.39, 0.29) is 24.0 Å². The third-order valence-electron chi connectivity index (χ3n) is 5.60. The molecule has 7 heteroatoms. The summed E-state index contributed by atoms with van der Waals surface area (Å²) in [7, 11) is 2.17. The topological polar surface area (TPSA) is 71.7 Å². The van der Waals surface area contributed by atoms with Gasteiger partial charge in [-0.25, -0.2) is 0 Å². The van der Waals surface area contributed by atoms with E-state index in [0.29, 0.717) is 12.1 Å². The van der Waals surface area contributed by atoms with E-state index in [9.17, 15) is 4.79 Å². The molecule has 3 aliphatic heterocycles. The van der Waals surface area contributed by atoms with Gasteiger partial charge in [-0.15, -0.1) is 5.53 Å². The lowest BCUT2D eigenvalue weighted by Gasteiger charge is -2.54. The van der Waals surface area contributed by atoms with E-state index in [1.807, 2.05) is 0 Å². The molecule has 0 radical (unpaired) electrons. The first-order valence-corrected chi connectivity index (χ1v) is 8.35. The predicted molar refractivity (Wildman–Crippen MR) is 82.9 cm³/mol. The van der Waals surface area contributed by atoms with Crippen LogP contribution in [0.2, 0.25) is 0 Å². The Balaban J connectivity index is 1.59. The van der Waals surface area contributed by atoms with Gasteiger partial charge in [0.15, 0.2) is 0 Å². The number of nitrogens with one attached hydrogen (secondary N) is 4. The summed E-state index contributed by atoms with van der Waals surface area (Å²) in [5, 5.41) is 9.03. The number of nitrogens with zero attached hydrogens (tertiary/aromatic N) is 2. The number of hydrazine groups is 2. The Hall–Kier alpha value is -1.31. The van der Waals surface area contributed by atoms with Crippen LogP contribution in [0.1, 0.15) is 33.1 Å². The molecule has 0 aromatic heterocycles. The number of piperidine rings is 1. The zero-order chi connectivity index (χ0) is 15.4. The zero-order valence-electron chi connectivity index (χ0n) is 13.5. The monoisotopic (exact) mass is 306 g/mol. The normalized spacial score (nSPS) is 38.4. The zero-order valence-corrected chi connectivity index (χ0v) is 13.5. The number of rotatable bonds is 2. The molecule has 0 aromatic carbocycles. The fourth-order valence-electron chi connectivity index (χ4n) is 4.12. The fraction of sp³-hybridized carbons (Fsp3) is 0.800. The van der Waals surface area contributed by atoms with Crippen LogP contribution in [0.15, 0.2) is 11.4 Å². The van der Waals surface area contributed by atoms with E-state index in [2.05, 4.69) is 52.4 Å². The van der Waals surface area contributed by atoms with Crippen LogP contribution in [-0.2, 0) is 4.79 Å². The molecule has 22 heavy (non-hydrogen) atoms. The van der Waals surface area contributed by atoms with Crippen molar-refractivity contribution in [2.45, 2.75) is 57.4 Å². The molecule has 1 amide bonds. The van der Waals surface area contributed by atoms with Gasteiger partial charge in [0.05, 0.1) is 30.0 Å². The predicted octanol–water partition coefficient (Wildman–Crippen LogP) is -0.541. The van der Waals surface area contributed by atoms with Crippen LogP contribution in [-0.4, -0.2) is 53.7 Å². The largest absolute Gasteiger partial charge is 0.339 e. The summed E-state index contributed by atoms with van der Waals surface area (Å²) in [5.74, 6) is 0.460. The Kier molecular flexibility index (Phi) is 3.32. The van der Waals surface area contributed by atoms with Crippen LogP contribution < -0.4 is 21.6 Å². The number of fused-ring (bicyclic) bond motifs is 3. The highest BCUT2D eigenvalue weighted by atomic mass is 16.2. The Morgan fingerprint density at radius 2 is 2.09 bits per heavy atom. The third-order valence-corrected chi connectivity index (χ3v) is 5.60. The molecule has 4 N–H and O–H groups in total. The molecule has 3 fully saturated rings. The quantitative estimate of drug-likeness (QED) is 0.549. The highest BCUT2D eigenvalue weighted by molar-refractivity contribution is 5.81. The van der Waals surface area contributed by atoms with Crippen molar-refractivity contribution in [3.8, 4) is 0 Å². The van der Waals surface area contributed by atoms with Gasteiger partial charge in [0.1, 0.15) is 0 Å². The molecule has 0 aromatic rings. The molecule has 1 aliphatic carbocycles. The molecule has 3 heterocycles. The minimum atomic E-state index is 0.0172. The summed E-state index contributed by atoms with van der Waals surface area (Å²) in [6, 6.07) is 0.922. The molecular formula is C15H26N6O. The molecule has 4 rings (SSSR count). The fourth-order valence-corrected chi connectivity index (χ4v) is 4.12. The van der Waals surface area contributed by atoms with Crippen LogP contribution in [0, 0.1) is 5.92 Å². The number of carbonyl (C=O) groups excluding carboxylic acids is 1. The van der Waals surface area contributed by atoms with E-state index >= 15 is 0 Å². The highest BCUT2D eigenvalue weighted by Gasteiger charge is 2.49. The van der Waals surface area contributed by atoms with E-state index in [4.69, 9.17) is 0 Å². The van der Waals surface area contributed by atoms with Crippen LogP contribution in [0.5, 0.6) is 0 Å². The molecule has 4 aliphatic rings. The van der Waals surface area contributed by atoms with Crippen molar-refractivity contribution in [3.05, 3.63) is 11.4 Å². The maximum atomic E-state index is 12.2. The van der Waals surface area contributed by atoms with Crippen molar-refractivity contribution >= 4 is 5.91 Å². The van der Waals surface area contributed by atoms with Crippen molar-refractivity contribution in [2.24, 2.45) is 5.92 Å². The first-order chi connectivity index (χ1) is 10.6. The molecule has 122 valence electrons. The summed E-state index contributed by atoms with van der Waals surface area (Å²) in [5.41, 5.74) is 9.07. The van der Waals surface area contributed by atoms with Gasteiger partial charge in [-0.05, 0) is 46.7 Å². The first-order valence-electron chi connectivity index (χ1n) is 8.35. The average molecular weight is 306 g/mol.